The molecule has 0 N–H and O–H groups in total. The van der Waals surface area contributed by atoms with Crippen molar-refractivity contribution >= 4 is 45.3 Å². The number of benzene rings is 4. The summed E-state index contributed by atoms with van der Waals surface area (Å²) < 4.78 is 0. The van der Waals surface area contributed by atoms with Gasteiger partial charge in [-0.3, -0.25) is 0 Å². The lowest BCUT2D eigenvalue weighted by Crippen LogP contribution is -2.38. The van der Waals surface area contributed by atoms with Crippen molar-refractivity contribution < 1.29 is 0 Å². The molecule has 2 aliphatic heterocycles. The Bertz CT molecular complexity index is 1110. The fourth-order valence-corrected chi connectivity index (χ4v) is 13.4. The van der Waals surface area contributed by atoms with Crippen molar-refractivity contribution in [3.8, 4) is 0 Å². The van der Waals surface area contributed by atoms with Crippen LogP contribution < -0.4 is 0 Å². The first-order chi connectivity index (χ1) is 15.7. The van der Waals surface area contributed by atoms with Gasteiger partial charge in [-0.05, 0) is 62.4 Å². The van der Waals surface area contributed by atoms with Crippen molar-refractivity contribution in [1.29, 1.82) is 0 Å². The Morgan fingerprint density at radius 2 is 0.688 bits per heavy atom. The molecule has 0 spiro atoms. The molecule has 4 aromatic carbocycles. The molecule has 32 heavy (non-hydrogen) atoms. The van der Waals surface area contributed by atoms with E-state index in [4.69, 9.17) is 0 Å². The van der Waals surface area contributed by atoms with Crippen molar-refractivity contribution in [2.24, 2.45) is 0 Å². The molecule has 2 heterocycles. The zero-order chi connectivity index (χ0) is 21.7. The van der Waals surface area contributed by atoms with Gasteiger partial charge in [-0.1, -0.05) is 72.1 Å². The predicted octanol–water partition coefficient (Wildman–Crippen LogP) is 8.17. The zero-order valence-corrected chi connectivity index (χ0v) is 21.3. The average molecular weight is 489 g/mol. The molecule has 2 aliphatic rings. The largest absolute Gasteiger partial charge is 0.175 e. The van der Waals surface area contributed by atoms with E-state index in [-0.39, 0.29) is 21.8 Å². The Kier molecular flexibility index (Phi) is 5.58. The highest BCUT2D eigenvalue weighted by Gasteiger charge is 2.51. The quantitative estimate of drug-likeness (QED) is 0.267. The van der Waals surface area contributed by atoms with Gasteiger partial charge in [0.25, 0.3) is 0 Å². The van der Waals surface area contributed by atoms with Gasteiger partial charge in [-0.2, -0.15) is 0 Å². The van der Waals surface area contributed by atoms with Crippen molar-refractivity contribution in [2.75, 3.05) is 0 Å². The van der Waals surface area contributed by atoms with Crippen molar-refractivity contribution in [3.63, 3.8) is 0 Å². The molecule has 0 unspecified atom stereocenters. The molecule has 2 atom stereocenters. The van der Waals surface area contributed by atoms with Gasteiger partial charge < -0.3 is 0 Å². The minimum Gasteiger partial charge on any atom is -0.0795 e. The zero-order valence-electron chi connectivity index (χ0n) is 18.0. The van der Waals surface area contributed by atoms with E-state index in [2.05, 4.69) is 111 Å². The van der Waals surface area contributed by atoms with Crippen molar-refractivity contribution in [2.45, 2.75) is 63.5 Å². The molecule has 0 aromatic heterocycles. The maximum atomic E-state index is 2.50. The summed E-state index contributed by atoms with van der Waals surface area (Å²) in [5.74, 6) is 0. The molecule has 0 saturated heterocycles. The Morgan fingerprint density at radius 3 is 0.969 bits per heavy atom. The van der Waals surface area contributed by atoms with E-state index in [0.717, 1.165) is 0 Å². The maximum Gasteiger partial charge on any atom is 0.175 e. The van der Waals surface area contributed by atoms with Crippen LogP contribution in [-0.2, 0) is 21.8 Å². The first-order valence-electron chi connectivity index (χ1n) is 10.9. The van der Waals surface area contributed by atoms with Gasteiger partial charge in [0.2, 0.25) is 0 Å². The summed E-state index contributed by atoms with van der Waals surface area (Å²) in [4.78, 5) is 11.8. The molecule has 0 bridgehead atoms. The highest BCUT2D eigenvalue weighted by atomic mass is 32.2. The summed E-state index contributed by atoms with van der Waals surface area (Å²) in [7, 11) is 0.109. The normalized spacial score (nSPS) is 16.9. The van der Waals surface area contributed by atoms with E-state index in [0.29, 0.717) is 10.5 Å². The molecule has 4 aromatic rings. The second-order valence-electron chi connectivity index (χ2n) is 8.08. The van der Waals surface area contributed by atoms with E-state index in [1.54, 1.807) is 0 Å². The third kappa shape index (κ3) is 3.43. The minimum absolute atomic E-state index is 0.0547. The Morgan fingerprint density at radius 1 is 0.438 bits per heavy atom. The summed E-state index contributed by atoms with van der Waals surface area (Å²) in [6.07, 6.45) is 0. The topological polar surface area (TPSA) is 0 Å². The second kappa shape index (κ2) is 8.57. The number of fused-ring (bicyclic) bond motifs is 4. The van der Waals surface area contributed by atoms with Gasteiger partial charge in [0, 0.05) is 0 Å². The lowest BCUT2D eigenvalue weighted by Gasteiger charge is -2.28. The lowest BCUT2D eigenvalue weighted by atomic mass is 10.3. The third-order valence-corrected chi connectivity index (χ3v) is 14.8. The van der Waals surface area contributed by atoms with Crippen LogP contribution in [0.4, 0.5) is 0 Å². The average Bonchev–Trinajstić information content (AvgIpc) is 2.85. The molecule has 0 saturated carbocycles. The van der Waals surface area contributed by atoms with Crippen molar-refractivity contribution in [3.05, 3.63) is 97.1 Å². The minimum atomic E-state index is 0.0547. The predicted molar refractivity (Wildman–Crippen MR) is 141 cm³/mol. The van der Waals surface area contributed by atoms with Gasteiger partial charge in [-0.15, -0.1) is 0 Å². The molecule has 0 aliphatic carbocycles. The molecular weight excluding hydrogens is 465 g/mol. The van der Waals surface area contributed by atoms with Gasteiger partial charge in [0.15, 0.2) is 30.1 Å². The Hall–Kier alpha value is -1.72. The molecule has 0 amide bonds. The molecule has 0 radical (unpaired) electrons. The van der Waals surface area contributed by atoms with E-state index >= 15 is 0 Å². The van der Waals surface area contributed by atoms with E-state index in [1.165, 1.54) is 39.2 Å². The van der Waals surface area contributed by atoms with Gasteiger partial charge in [0.1, 0.15) is 0 Å². The third-order valence-electron chi connectivity index (χ3n) is 6.19. The van der Waals surface area contributed by atoms with E-state index in [9.17, 15) is 0 Å². The van der Waals surface area contributed by atoms with Crippen LogP contribution in [0.2, 0.25) is 0 Å². The van der Waals surface area contributed by atoms with Crippen LogP contribution in [0.5, 0.6) is 0 Å². The summed E-state index contributed by atoms with van der Waals surface area (Å²) in [5.41, 5.74) is 0. The Labute approximate surface area is 204 Å². The van der Waals surface area contributed by atoms with Gasteiger partial charge >= 0.3 is 0 Å². The van der Waals surface area contributed by atoms with E-state index in [1.807, 2.05) is 23.5 Å². The highest BCUT2D eigenvalue weighted by molar-refractivity contribution is 8.06. The van der Waals surface area contributed by atoms with E-state index < -0.39 is 0 Å². The summed E-state index contributed by atoms with van der Waals surface area (Å²) >= 11 is 3.87. The van der Waals surface area contributed by atoms with Crippen LogP contribution in [0.3, 0.4) is 0 Å². The summed E-state index contributed by atoms with van der Waals surface area (Å²) in [5, 5.41) is 1.07. The smallest absolute Gasteiger partial charge is 0.0795 e. The maximum absolute atomic E-state index is 2.50. The van der Waals surface area contributed by atoms with Crippen LogP contribution in [-0.4, -0.2) is 10.5 Å². The first kappa shape index (κ1) is 20.9. The van der Waals surface area contributed by atoms with Crippen LogP contribution in [0.1, 0.15) is 13.8 Å². The molecular formula is C28H24S4+2. The van der Waals surface area contributed by atoms with Crippen LogP contribution in [0, 0.1) is 0 Å². The second-order valence-corrected chi connectivity index (χ2v) is 14.8. The first-order valence-corrected chi connectivity index (χ1v) is 15.1. The molecule has 158 valence electrons. The number of rotatable bonds is 3. The van der Waals surface area contributed by atoms with Gasteiger partial charge in [-0.25, -0.2) is 0 Å². The SMILES string of the molecule is C[C@H]([C@H](C)[S+]1c2ccccc2Sc2ccccc21)[S+]1c2ccccc2Sc2ccccc21. The molecule has 4 heteroatoms. The number of hydrogen-bond acceptors (Lipinski definition) is 2. The summed E-state index contributed by atoms with van der Waals surface area (Å²) in [6, 6.07) is 36.3. The molecule has 0 nitrogen and oxygen atoms in total. The fourth-order valence-electron chi connectivity index (χ4n) is 4.52. The number of hydrogen-bond donors (Lipinski definition) is 0. The lowest BCUT2D eigenvalue weighted by molar-refractivity contribution is 0.881. The van der Waals surface area contributed by atoms with Crippen LogP contribution in [0.15, 0.2) is 136 Å². The van der Waals surface area contributed by atoms with Crippen molar-refractivity contribution in [1.82, 2.24) is 0 Å². The monoisotopic (exact) mass is 488 g/mol. The standard InChI is InChI=1S/C28H24S4/c1-19(31-25-15-7-3-11-21(25)29-22-12-4-8-16-26(22)31)20(2)32-27-17-9-5-13-23(27)30-24-14-6-10-18-28(24)32/h3-20H,1-2H3/q+2/t19-,20+. The van der Waals surface area contributed by atoms with Gasteiger partial charge in [0.05, 0.1) is 41.4 Å². The highest BCUT2D eigenvalue weighted by Crippen LogP contribution is 2.51. The molecule has 6 rings (SSSR count). The molecule has 0 fully saturated rings. The fraction of sp³-hybridized carbons (Fsp3) is 0.143. The van der Waals surface area contributed by atoms with Crippen LogP contribution in [0.25, 0.3) is 0 Å². The Balaban J connectivity index is 1.47. The summed E-state index contributed by atoms with van der Waals surface area (Å²) in [6.45, 7) is 4.99. The van der Waals surface area contributed by atoms with Crippen LogP contribution >= 0.6 is 23.5 Å².